The van der Waals surface area contributed by atoms with Crippen LogP contribution in [0.5, 0.6) is 0 Å². The molecule has 0 aliphatic rings. The van der Waals surface area contributed by atoms with Crippen molar-refractivity contribution in [3.63, 3.8) is 0 Å². The maximum atomic E-state index is 13.1. The molecule has 0 saturated carbocycles. The summed E-state index contributed by atoms with van der Waals surface area (Å²) in [5.41, 5.74) is 0. The zero-order valence-electron chi connectivity index (χ0n) is 64.8. The fraction of sp³-hybridized carbons (Fsp3) is 0.950. The first-order chi connectivity index (χ1) is 47.9. The predicted molar refractivity (Wildman–Crippen MR) is 405 cm³/mol. The highest BCUT2D eigenvalue weighted by Gasteiger charge is 2.30. The molecule has 19 heteroatoms. The Hall–Kier alpha value is -1.94. The molecule has 99 heavy (non-hydrogen) atoms. The van der Waals surface area contributed by atoms with Gasteiger partial charge in [-0.2, -0.15) is 0 Å². The average Bonchev–Trinajstić information content (AvgIpc) is 0.973. The number of unbranched alkanes of at least 4 members (excludes halogenated alkanes) is 49. The number of phosphoric ester groups is 2. The monoisotopic (exact) mass is 1450 g/mol. The van der Waals surface area contributed by atoms with E-state index < -0.39 is 97.5 Å². The lowest BCUT2D eigenvalue weighted by Crippen LogP contribution is -2.30. The van der Waals surface area contributed by atoms with Gasteiger partial charge in [-0.15, -0.1) is 0 Å². The molecule has 0 aliphatic heterocycles. The molecule has 17 nitrogen and oxygen atoms in total. The minimum Gasteiger partial charge on any atom is -0.462 e. The van der Waals surface area contributed by atoms with Gasteiger partial charge in [0.05, 0.1) is 26.4 Å². The molecule has 0 spiro atoms. The van der Waals surface area contributed by atoms with Crippen LogP contribution in [0.1, 0.15) is 420 Å². The van der Waals surface area contributed by atoms with Crippen LogP contribution in [-0.4, -0.2) is 96.7 Å². The number of esters is 4. The van der Waals surface area contributed by atoms with Crippen LogP contribution < -0.4 is 0 Å². The first-order valence-electron chi connectivity index (χ1n) is 41.5. The Morgan fingerprint density at radius 3 is 0.687 bits per heavy atom. The Bertz CT molecular complexity index is 1910. The lowest BCUT2D eigenvalue weighted by atomic mass is 10.0. The van der Waals surface area contributed by atoms with Gasteiger partial charge in [-0.05, 0) is 37.5 Å². The quantitative estimate of drug-likeness (QED) is 0.0222. The van der Waals surface area contributed by atoms with Crippen LogP contribution in [0.25, 0.3) is 0 Å². The van der Waals surface area contributed by atoms with Crippen LogP contribution in [0.3, 0.4) is 0 Å². The van der Waals surface area contributed by atoms with Gasteiger partial charge in [-0.25, -0.2) is 9.13 Å². The largest absolute Gasteiger partial charge is 0.472 e. The normalized spacial score (nSPS) is 13.9. The topological polar surface area (TPSA) is 237 Å². The molecule has 0 aliphatic carbocycles. The molecule has 2 unspecified atom stereocenters. The van der Waals surface area contributed by atoms with Crippen molar-refractivity contribution in [3.8, 4) is 0 Å². The van der Waals surface area contributed by atoms with E-state index in [4.69, 9.17) is 37.0 Å². The lowest BCUT2D eigenvalue weighted by molar-refractivity contribution is -0.161. The van der Waals surface area contributed by atoms with Gasteiger partial charge >= 0.3 is 39.5 Å². The molecule has 0 bridgehead atoms. The van der Waals surface area contributed by atoms with Crippen molar-refractivity contribution < 1.29 is 80.2 Å². The third-order valence-corrected chi connectivity index (χ3v) is 20.6. The van der Waals surface area contributed by atoms with Crippen molar-refractivity contribution in [1.82, 2.24) is 0 Å². The van der Waals surface area contributed by atoms with E-state index in [0.717, 1.165) is 102 Å². The van der Waals surface area contributed by atoms with Gasteiger partial charge < -0.3 is 33.8 Å². The summed E-state index contributed by atoms with van der Waals surface area (Å²) < 4.78 is 68.6. The minimum absolute atomic E-state index is 0.107. The summed E-state index contributed by atoms with van der Waals surface area (Å²) in [5.74, 6) is -0.596. The van der Waals surface area contributed by atoms with E-state index in [1.54, 1.807) is 0 Å². The first kappa shape index (κ1) is 97.1. The van der Waals surface area contributed by atoms with E-state index >= 15 is 0 Å². The molecule has 0 aromatic heterocycles. The van der Waals surface area contributed by atoms with Gasteiger partial charge in [0.15, 0.2) is 12.2 Å². The maximum Gasteiger partial charge on any atom is 0.472 e. The fourth-order valence-corrected chi connectivity index (χ4v) is 13.9. The number of aliphatic hydroxyl groups excluding tert-OH is 1. The summed E-state index contributed by atoms with van der Waals surface area (Å²) in [6.07, 6.45) is 61.1. The number of aliphatic hydroxyl groups is 1. The first-order valence-corrected chi connectivity index (χ1v) is 44.5. The van der Waals surface area contributed by atoms with Crippen LogP contribution in [0, 0.1) is 11.8 Å². The maximum absolute atomic E-state index is 13.1. The molecule has 0 saturated heterocycles. The zero-order chi connectivity index (χ0) is 72.8. The smallest absolute Gasteiger partial charge is 0.462 e. The summed E-state index contributed by atoms with van der Waals surface area (Å²) in [7, 11) is -9.92. The molecule has 0 radical (unpaired) electrons. The molecule has 3 N–H and O–H groups in total. The van der Waals surface area contributed by atoms with Gasteiger partial charge in [0.25, 0.3) is 0 Å². The standard InChI is InChI=1S/C80H156O17P2/c1-7-9-11-13-15-17-19-21-22-23-24-28-31-35-38-44-50-56-62-77(82)90-68-75(96-80(85)65-59-53-46-40-36-32-29-26-25-27-30-33-37-42-48-54-60-72(3)4)70-94-98(86,87)92-66-74(81)67-93-99(88,89)95-71-76(69-91-78(83)63-57-51-47-41-43-49-55-61-73(5)6)97-79(84)64-58-52-45-39-34-20-18-16-14-12-10-8-2/h72-76,81H,7-71H2,1-6H3,(H,86,87)(H,88,89)/t74-,75-,76-/m1/s1. The predicted octanol–water partition coefficient (Wildman–Crippen LogP) is 23.9. The molecule has 0 amide bonds. The number of ether oxygens (including phenoxy) is 4. The summed E-state index contributed by atoms with van der Waals surface area (Å²) in [6.45, 7) is 9.60. The minimum atomic E-state index is -4.96. The zero-order valence-corrected chi connectivity index (χ0v) is 66.6. The average molecular weight is 1450 g/mol. The van der Waals surface area contributed by atoms with Crippen molar-refractivity contribution in [1.29, 1.82) is 0 Å². The highest BCUT2D eigenvalue weighted by Crippen LogP contribution is 2.45. The number of rotatable bonds is 79. The highest BCUT2D eigenvalue weighted by molar-refractivity contribution is 7.47. The second kappa shape index (κ2) is 71.7. The third kappa shape index (κ3) is 74.1. The number of hydrogen-bond acceptors (Lipinski definition) is 15. The Balaban J connectivity index is 5.22. The molecular weight excluding hydrogens is 1290 g/mol. The Kier molecular flexibility index (Phi) is 70.3. The summed E-state index contributed by atoms with van der Waals surface area (Å²) in [6, 6.07) is 0. The fourth-order valence-electron chi connectivity index (χ4n) is 12.4. The van der Waals surface area contributed by atoms with Crippen molar-refractivity contribution in [2.75, 3.05) is 39.6 Å². The van der Waals surface area contributed by atoms with Crippen molar-refractivity contribution in [2.45, 2.75) is 439 Å². The molecule has 5 atom stereocenters. The van der Waals surface area contributed by atoms with Gasteiger partial charge in [-0.3, -0.25) is 37.3 Å². The number of phosphoric acid groups is 2. The van der Waals surface area contributed by atoms with Crippen LogP contribution >= 0.6 is 15.6 Å². The highest BCUT2D eigenvalue weighted by atomic mass is 31.2. The van der Waals surface area contributed by atoms with E-state index in [2.05, 4.69) is 41.5 Å². The van der Waals surface area contributed by atoms with E-state index in [9.17, 15) is 43.2 Å². The number of carbonyl (C=O) groups is 4. The Labute approximate surface area is 607 Å². The van der Waals surface area contributed by atoms with E-state index in [1.807, 2.05) is 0 Å². The van der Waals surface area contributed by atoms with Crippen LogP contribution in [-0.2, 0) is 65.4 Å². The van der Waals surface area contributed by atoms with Crippen LogP contribution in [0.15, 0.2) is 0 Å². The summed E-state index contributed by atoms with van der Waals surface area (Å²) in [4.78, 5) is 72.9. The van der Waals surface area contributed by atoms with Gasteiger partial charge in [0, 0.05) is 25.7 Å². The van der Waals surface area contributed by atoms with Crippen LogP contribution in [0.4, 0.5) is 0 Å². The Morgan fingerprint density at radius 1 is 0.273 bits per heavy atom. The molecule has 0 aromatic carbocycles. The SMILES string of the molecule is CCCCCCCCCCCCCCCCCCCCC(=O)OC[C@H](COP(=O)(O)OC[C@@H](O)COP(=O)(O)OC[C@@H](COC(=O)CCCCCCCCCC(C)C)OC(=O)CCCCCCCCCCCCCC)OC(=O)CCCCCCCCCCCCCCCCCCC(C)C. The Morgan fingerprint density at radius 2 is 0.465 bits per heavy atom. The summed E-state index contributed by atoms with van der Waals surface area (Å²) >= 11 is 0. The second-order valence-corrected chi connectivity index (χ2v) is 32.7. The van der Waals surface area contributed by atoms with Crippen LogP contribution in [0.2, 0.25) is 0 Å². The van der Waals surface area contributed by atoms with Gasteiger partial charge in [0.1, 0.15) is 19.3 Å². The lowest BCUT2D eigenvalue weighted by Gasteiger charge is -2.21. The van der Waals surface area contributed by atoms with Crippen molar-refractivity contribution >= 4 is 39.5 Å². The molecule has 0 aromatic rings. The van der Waals surface area contributed by atoms with Crippen molar-refractivity contribution in [3.05, 3.63) is 0 Å². The third-order valence-electron chi connectivity index (χ3n) is 18.7. The van der Waals surface area contributed by atoms with E-state index in [-0.39, 0.29) is 25.7 Å². The second-order valence-electron chi connectivity index (χ2n) is 29.8. The number of carbonyl (C=O) groups excluding carboxylic acids is 4. The molecule has 0 fully saturated rings. The van der Waals surface area contributed by atoms with Gasteiger partial charge in [-0.1, -0.05) is 369 Å². The molecular formula is C80H156O17P2. The summed E-state index contributed by atoms with van der Waals surface area (Å²) in [5, 5.41) is 10.6. The van der Waals surface area contributed by atoms with E-state index in [1.165, 1.54) is 231 Å². The molecule has 0 rings (SSSR count). The number of hydrogen-bond donors (Lipinski definition) is 3. The molecule has 588 valence electrons. The van der Waals surface area contributed by atoms with E-state index in [0.29, 0.717) is 31.6 Å². The van der Waals surface area contributed by atoms with Crippen molar-refractivity contribution in [2.24, 2.45) is 11.8 Å². The van der Waals surface area contributed by atoms with Gasteiger partial charge in [0.2, 0.25) is 0 Å². The molecule has 0 heterocycles.